The van der Waals surface area contributed by atoms with Gasteiger partial charge in [0, 0.05) is 24.2 Å². The Morgan fingerprint density at radius 3 is 2.62 bits per heavy atom. The van der Waals surface area contributed by atoms with E-state index in [2.05, 4.69) is 15.8 Å². The molecule has 1 fully saturated rings. The predicted molar refractivity (Wildman–Crippen MR) is 108 cm³/mol. The summed E-state index contributed by atoms with van der Waals surface area (Å²) in [4.78, 5) is 41.9. The van der Waals surface area contributed by atoms with E-state index < -0.39 is 5.91 Å². The molecule has 8 nitrogen and oxygen atoms in total. The number of hydrogen-bond acceptors (Lipinski definition) is 6. The number of amides is 3. The van der Waals surface area contributed by atoms with Crippen molar-refractivity contribution in [3.05, 3.63) is 54.1 Å². The molecular weight excluding hydrogens is 392 g/mol. The van der Waals surface area contributed by atoms with Gasteiger partial charge in [0.25, 0.3) is 11.1 Å². The molecule has 4 rings (SSSR count). The fourth-order valence-corrected chi connectivity index (χ4v) is 3.63. The number of oxazole rings is 1. The van der Waals surface area contributed by atoms with Crippen LogP contribution in [0.15, 0.2) is 58.2 Å². The molecule has 148 valence electrons. The highest BCUT2D eigenvalue weighted by Gasteiger charge is 2.21. The molecule has 2 heterocycles. The fraction of sp³-hybridized carbons (Fsp3) is 0.200. The van der Waals surface area contributed by atoms with Gasteiger partial charge in [-0.3, -0.25) is 25.2 Å². The summed E-state index contributed by atoms with van der Waals surface area (Å²) < 4.78 is 5.53. The number of hydrazine groups is 1. The van der Waals surface area contributed by atoms with Crippen molar-refractivity contribution in [3.63, 3.8) is 0 Å². The Bertz CT molecular complexity index is 1030. The molecular formula is C20H18N4O4S. The van der Waals surface area contributed by atoms with Crippen LogP contribution in [0.4, 0.5) is 5.69 Å². The minimum atomic E-state index is -0.440. The van der Waals surface area contributed by atoms with Gasteiger partial charge in [-0.05, 0) is 42.8 Å². The number of carbonyl (C=O) groups is 3. The zero-order chi connectivity index (χ0) is 20.2. The van der Waals surface area contributed by atoms with E-state index in [1.807, 2.05) is 18.2 Å². The minimum Gasteiger partial charge on any atom is -0.431 e. The quantitative estimate of drug-likeness (QED) is 0.495. The molecule has 0 radical (unpaired) electrons. The number of hydrogen-bond donors (Lipinski definition) is 2. The molecule has 9 heteroatoms. The maximum absolute atomic E-state index is 12.2. The zero-order valence-electron chi connectivity index (χ0n) is 15.4. The molecule has 1 aliphatic rings. The number of para-hydroxylation sites is 2. The van der Waals surface area contributed by atoms with Crippen LogP contribution in [0.1, 0.15) is 23.2 Å². The Kier molecular flexibility index (Phi) is 5.48. The van der Waals surface area contributed by atoms with Gasteiger partial charge in [0.2, 0.25) is 11.8 Å². The van der Waals surface area contributed by atoms with Gasteiger partial charge in [-0.2, -0.15) is 0 Å². The van der Waals surface area contributed by atoms with Gasteiger partial charge < -0.3 is 9.32 Å². The summed E-state index contributed by atoms with van der Waals surface area (Å²) in [6, 6.07) is 14.0. The summed E-state index contributed by atoms with van der Waals surface area (Å²) >= 11 is 1.14. The first-order valence-electron chi connectivity index (χ1n) is 9.08. The van der Waals surface area contributed by atoms with Crippen molar-refractivity contribution in [2.75, 3.05) is 17.2 Å². The second-order valence-electron chi connectivity index (χ2n) is 6.43. The lowest BCUT2D eigenvalue weighted by Gasteiger charge is -2.15. The summed E-state index contributed by atoms with van der Waals surface area (Å²) in [5.41, 5.74) is 7.27. The number of benzene rings is 2. The van der Waals surface area contributed by atoms with Gasteiger partial charge in [0.05, 0.1) is 5.75 Å². The predicted octanol–water partition coefficient (Wildman–Crippen LogP) is 2.51. The third-order valence-electron chi connectivity index (χ3n) is 4.43. The normalized spacial score (nSPS) is 13.7. The highest BCUT2D eigenvalue weighted by molar-refractivity contribution is 7.99. The van der Waals surface area contributed by atoms with E-state index in [1.54, 1.807) is 35.2 Å². The van der Waals surface area contributed by atoms with E-state index >= 15 is 0 Å². The van der Waals surface area contributed by atoms with Crippen molar-refractivity contribution >= 4 is 46.3 Å². The molecule has 2 N–H and O–H groups in total. The molecule has 3 aromatic rings. The topological polar surface area (TPSA) is 105 Å². The lowest BCUT2D eigenvalue weighted by molar-refractivity contribution is -0.119. The average molecular weight is 410 g/mol. The van der Waals surface area contributed by atoms with Crippen LogP contribution in [-0.4, -0.2) is 35.0 Å². The standard InChI is InChI=1S/C20H18N4O4S/c25-17(12-29-20-21-15-4-1-2-5-16(15)28-20)22-23-19(27)13-7-9-14(10-8-13)24-11-3-6-18(24)26/h1-2,4-5,7-10H,3,6,11-12H2,(H,22,25)(H,23,27). The van der Waals surface area contributed by atoms with Crippen LogP contribution in [-0.2, 0) is 9.59 Å². The van der Waals surface area contributed by atoms with Crippen LogP contribution in [0.5, 0.6) is 0 Å². The number of rotatable bonds is 5. The number of carbonyl (C=O) groups excluding carboxylic acids is 3. The van der Waals surface area contributed by atoms with Crippen molar-refractivity contribution < 1.29 is 18.8 Å². The largest absolute Gasteiger partial charge is 0.431 e. The summed E-state index contributed by atoms with van der Waals surface area (Å²) in [6.07, 6.45) is 1.39. The number of thioether (sulfide) groups is 1. The molecule has 3 amide bonds. The number of fused-ring (bicyclic) bond motifs is 1. The van der Waals surface area contributed by atoms with Crippen LogP contribution >= 0.6 is 11.8 Å². The summed E-state index contributed by atoms with van der Waals surface area (Å²) in [5, 5.41) is 0.389. The Morgan fingerprint density at radius 1 is 1.10 bits per heavy atom. The highest BCUT2D eigenvalue weighted by atomic mass is 32.2. The van der Waals surface area contributed by atoms with E-state index in [0.717, 1.165) is 29.4 Å². The van der Waals surface area contributed by atoms with Crippen LogP contribution in [0, 0.1) is 0 Å². The Labute approximate surface area is 170 Å². The molecule has 0 bridgehead atoms. The lowest BCUT2D eigenvalue weighted by atomic mass is 10.2. The number of anilines is 1. The molecule has 0 saturated carbocycles. The molecule has 1 aliphatic heterocycles. The van der Waals surface area contributed by atoms with Gasteiger partial charge in [-0.15, -0.1) is 0 Å². The van der Waals surface area contributed by atoms with Crippen LogP contribution < -0.4 is 15.8 Å². The molecule has 0 spiro atoms. The first kappa shape index (κ1) is 19.0. The van der Waals surface area contributed by atoms with E-state index in [9.17, 15) is 14.4 Å². The third-order valence-corrected chi connectivity index (χ3v) is 5.26. The van der Waals surface area contributed by atoms with Gasteiger partial charge >= 0.3 is 0 Å². The SMILES string of the molecule is O=C(CSc1nc2ccccc2o1)NNC(=O)c1ccc(N2CCCC2=O)cc1. The highest BCUT2D eigenvalue weighted by Crippen LogP contribution is 2.23. The van der Waals surface area contributed by atoms with Crippen LogP contribution in [0.3, 0.4) is 0 Å². The molecule has 0 unspecified atom stereocenters. The van der Waals surface area contributed by atoms with E-state index in [0.29, 0.717) is 29.3 Å². The van der Waals surface area contributed by atoms with Crippen molar-refractivity contribution in [2.45, 2.75) is 18.1 Å². The van der Waals surface area contributed by atoms with E-state index in [1.165, 1.54) is 0 Å². The second kappa shape index (κ2) is 8.36. The number of aromatic nitrogens is 1. The lowest BCUT2D eigenvalue weighted by Crippen LogP contribution is -2.42. The molecule has 1 aromatic heterocycles. The van der Waals surface area contributed by atoms with E-state index in [4.69, 9.17) is 4.42 Å². The first-order chi connectivity index (χ1) is 14.1. The first-order valence-corrected chi connectivity index (χ1v) is 10.1. The molecule has 2 aromatic carbocycles. The van der Waals surface area contributed by atoms with Gasteiger partial charge in [-0.25, -0.2) is 4.98 Å². The number of nitrogens with one attached hydrogen (secondary N) is 2. The van der Waals surface area contributed by atoms with Crippen molar-refractivity contribution in [1.82, 2.24) is 15.8 Å². The Balaban J connectivity index is 1.26. The fourth-order valence-electron chi connectivity index (χ4n) is 2.99. The second-order valence-corrected chi connectivity index (χ2v) is 7.36. The van der Waals surface area contributed by atoms with Crippen molar-refractivity contribution in [2.24, 2.45) is 0 Å². The van der Waals surface area contributed by atoms with Crippen LogP contribution in [0.25, 0.3) is 11.1 Å². The van der Waals surface area contributed by atoms with Crippen molar-refractivity contribution in [1.29, 1.82) is 0 Å². The average Bonchev–Trinajstić information content (AvgIpc) is 3.36. The zero-order valence-corrected chi connectivity index (χ0v) is 16.2. The maximum Gasteiger partial charge on any atom is 0.269 e. The maximum atomic E-state index is 12.2. The smallest absolute Gasteiger partial charge is 0.269 e. The summed E-state index contributed by atoms with van der Waals surface area (Å²) in [6.45, 7) is 0.693. The van der Waals surface area contributed by atoms with Crippen molar-refractivity contribution in [3.8, 4) is 0 Å². The minimum absolute atomic E-state index is 0.0448. The third kappa shape index (κ3) is 4.40. The molecule has 29 heavy (non-hydrogen) atoms. The molecule has 0 aliphatic carbocycles. The van der Waals surface area contributed by atoms with Crippen LogP contribution in [0.2, 0.25) is 0 Å². The molecule has 1 saturated heterocycles. The van der Waals surface area contributed by atoms with Gasteiger partial charge in [0.15, 0.2) is 5.58 Å². The number of nitrogens with zero attached hydrogens (tertiary/aromatic N) is 2. The Morgan fingerprint density at radius 2 is 1.90 bits per heavy atom. The monoisotopic (exact) mass is 410 g/mol. The van der Waals surface area contributed by atoms with Gasteiger partial charge in [-0.1, -0.05) is 23.9 Å². The van der Waals surface area contributed by atoms with Gasteiger partial charge in [0.1, 0.15) is 5.52 Å². The molecule has 0 atom stereocenters. The summed E-state index contributed by atoms with van der Waals surface area (Å²) in [5.74, 6) is -0.691. The summed E-state index contributed by atoms with van der Waals surface area (Å²) in [7, 11) is 0. The Hall–Kier alpha value is -3.33. The van der Waals surface area contributed by atoms with E-state index in [-0.39, 0.29) is 17.6 Å².